The lowest BCUT2D eigenvalue weighted by Crippen LogP contribution is -2.10. The van der Waals surface area contributed by atoms with Crippen LogP contribution in [0, 0.1) is 0 Å². The molecular formula is C31H26N2O5. The van der Waals surface area contributed by atoms with Crippen molar-refractivity contribution in [2.75, 3.05) is 14.2 Å². The van der Waals surface area contributed by atoms with Crippen molar-refractivity contribution in [3.05, 3.63) is 115 Å². The molecule has 5 rings (SSSR count). The molecule has 0 atom stereocenters. The summed E-state index contributed by atoms with van der Waals surface area (Å²) in [4.78, 5) is 12.8. The normalized spacial score (nSPS) is 10.6. The molecule has 0 saturated carbocycles. The molecule has 0 aliphatic rings. The quantitative estimate of drug-likeness (QED) is 0.189. The van der Waals surface area contributed by atoms with Gasteiger partial charge in [0, 0.05) is 17.3 Å². The first-order valence-electron chi connectivity index (χ1n) is 12.0. The van der Waals surface area contributed by atoms with Crippen LogP contribution in [0.4, 0.5) is 0 Å². The van der Waals surface area contributed by atoms with E-state index in [1.807, 2.05) is 78.9 Å². The van der Waals surface area contributed by atoms with Crippen molar-refractivity contribution >= 4 is 5.78 Å². The van der Waals surface area contributed by atoms with Gasteiger partial charge in [0.05, 0.1) is 19.9 Å². The van der Waals surface area contributed by atoms with Gasteiger partial charge in [-0.3, -0.25) is 9.48 Å². The summed E-state index contributed by atoms with van der Waals surface area (Å²) in [6.45, 7) is 0.136. The zero-order chi connectivity index (χ0) is 26.3. The van der Waals surface area contributed by atoms with Crippen LogP contribution in [0.2, 0.25) is 0 Å². The molecule has 0 amide bonds. The highest BCUT2D eigenvalue weighted by molar-refractivity contribution is 5.96. The fourth-order valence-electron chi connectivity index (χ4n) is 3.80. The highest BCUT2D eigenvalue weighted by atomic mass is 16.5. The van der Waals surface area contributed by atoms with Crippen molar-refractivity contribution in [1.29, 1.82) is 0 Å². The second-order valence-corrected chi connectivity index (χ2v) is 8.43. The Hall–Kier alpha value is -5.04. The molecular weight excluding hydrogens is 480 g/mol. The van der Waals surface area contributed by atoms with Crippen LogP contribution in [-0.4, -0.2) is 29.8 Å². The van der Waals surface area contributed by atoms with E-state index in [1.165, 1.54) is 0 Å². The number of hydrogen-bond donors (Lipinski definition) is 0. The summed E-state index contributed by atoms with van der Waals surface area (Å²) >= 11 is 0. The fourth-order valence-corrected chi connectivity index (χ4v) is 3.80. The van der Waals surface area contributed by atoms with Crippen molar-refractivity contribution in [2.45, 2.75) is 6.54 Å². The van der Waals surface area contributed by atoms with Crippen LogP contribution in [0.1, 0.15) is 10.4 Å². The minimum absolute atomic E-state index is 0.0427. The Bertz CT molecular complexity index is 1490. The Morgan fingerprint density at radius 3 is 1.50 bits per heavy atom. The lowest BCUT2D eigenvalue weighted by molar-refractivity contribution is 0.0968. The number of carbonyl (C=O) groups is 1. The first-order valence-corrected chi connectivity index (χ1v) is 12.0. The maximum atomic E-state index is 12.8. The molecule has 38 heavy (non-hydrogen) atoms. The Morgan fingerprint density at radius 1 is 0.605 bits per heavy atom. The third kappa shape index (κ3) is 6.02. The van der Waals surface area contributed by atoms with E-state index < -0.39 is 0 Å². The van der Waals surface area contributed by atoms with Gasteiger partial charge in [0.25, 0.3) is 0 Å². The number of ketones is 1. The van der Waals surface area contributed by atoms with Gasteiger partial charge in [0.2, 0.25) is 0 Å². The molecule has 0 bridgehead atoms. The summed E-state index contributed by atoms with van der Waals surface area (Å²) in [5, 5.41) is 4.57. The van der Waals surface area contributed by atoms with Gasteiger partial charge in [-0.15, -0.1) is 0 Å². The number of ether oxygens (including phenoxy) is 4. The van der Waals surface area contributed by atoms with E-state index in [0.717, 1.165) is 28.5 Å². The van der Waals surface area contributed by atoms with E-state index in [0.29, 0.717) is 22.8 Å². The van der Waals surface area contributed by atoms with Crippen molar-refractivity contribution in [3.63, 3.8) is 0 Å². The van der Waals surface area contributed by atoms with Crippen LogP contribution in [0.5, 0.6) is 34.5 Å². The van der Waals surface area contributed by atoms with Crippen LogP contribution in [0.15, 0.2) is 109 Å². The van der Waals surface area contributed by atoms with Crippen LogP contribution >= 0.6 is 0 Å². The predicted octanol–water partition coefficient (Wildman–Crippen LogP) is 7.03. The number of nitrogens with zero attached hydrogens (tertiary/aromatic N) is 2. The number of Topliss-reactive ketones (excluding diaryl/α,β-unsaturated/α-hetero) is 1. The molecule has 0 aliphatic heterocycles. The van der Waals surface area contributed by atoms with Gasteiger partial charge in [-0.1, -0.05) is 0 Å². The van der Waals surface area contributed by atoms with Crippen LogP contribution in [0.3, 0.4) is 0 Å². The summed E-state index contributed by atoms with van der Waals surface area (Å²) in [6.07, 6.45) is 1.80. The lowest BCUT2D eigenvalue weighted by atomic mass is 10.1. The van der Waals surface area contributed by atoms with Crippen LogP contribution < -0.4 is 18.9 Å². The SMILES string of the molecule is COc1ccc(Oc2ccc(C(=O)Cn3ccc(-c4ccc(Oc5ccc(OC)cc5)cc4)n3)cc2)cc1. The van der Waals surface area contributed by atoms with E-state index >= 15 is 0 Å². The van der Waals surface area contributed by atoms with E-state index in [9.17, 15) is 4.79 Å². The summed E-state index contributed by atoms with van der Waals surface area (Å²) in [6, 6.07) is 31.3. The smallest absolute Gasteiger partial charge is 0.184 e. The van der Waals surface area contributed by atoms with Gasteiger partial charge in [-0.25, -0.2) is 0 Å². The Kier molecular flexibility index (Phi) is 7.36. The molecule has 190 valence electrons. The van der Waals surface area contributed by atoms with Gasteiger partial charge >= 0.3 is 0 Å². The minimum atomic E-state index is -0.0427. The molecule has 4 aromatic carbocycles. The monoisotopic (exact) mass is 506 g/mol. The number of methoxy groups -OCH3 is 2. The average Bonchev–Trinajstić information content (AvgIpc) is 3.43. The fraction of sp³-hybridized carbons (Fsp3) is 0.0968. The summed E-state index contributed by atoms with van der Waals surface area (Å²) in [5.74, 6) is 4.27. The topological polar surface area (TPSA) is 71.8 Å². The molecule has 5 aromatic rings. The van der Waals surface area contributed by atoms with Gasteiger partial charge < -0.3 is 18.9 Å². The maximum Gasteiger partial charge on any atom is 0.184 e. The summed E-state index contributed by atoms with van der Waals surface area (Å²) < 4.78 is 23.7. The highest BCUT2D eigenvalue weighted by Gasteiger charge is 2.10. The van der Waals surface area contributed by atoms with Crippen LogP contribution in [-0.2, 0) is 6.54 Å². The van der Waals surface area contributed by atoms with Gasteiger partial charge in [0.15, 0.2) is 5.78 Å². The van der Waals surface area contributed by atoms with E-state index in [-0.39, 0.29) is 12.3 Å². The summed E-state index contributed by atoms with van der Waals surface area (Å²) in [5.41, 5.74) is 2.29. The standard InChI is InChI=1S/C31H26N2O5/c1-35-24-11-15-28(16-12-24)37-26-7-3-22(4-8-26)30-19-20-33(32-30)21-31(34)23-5-9-27(10-6-23)38-29-17-13-25(36-2)14-18-29/h3-20H,21H2,1-2H3. The molecule has 0 aliphatic carbocycles. The molecule has 1 aromatic heterocycles. The average molecular weight is 507 g/mol. The van der Waals surface area contributed by atoms with Gasteiger partial charge in [-0.2, -0.15) is 5.10 Å². The van der Waals surface area contributed by atoms with Crippen molar-refractivity contribution in [2.24, 2.45) is 0 Å². The molecule has 0 fully saturated rings. The molecule has 7 heteroatoms. The van der Waals surface area contributed by atoms with Crippen molar-refractivity contribution < 1.29 is 23.7 Å². The molecule has 0 unspecified atom stereocenters. The first kappa shape index (κ1) is 24.6. The Morgan fingerprint density at radius 2 is 1.03 bits per heavy atom. The molecule has 7 nitrogen and oxygen atoms in total. The third-order valence-electron chi connectivity index (χ3n) is 5.86. The Labute approximate surface area is 220 Å². The Balaban J connectivity index is 1.17. The zero-order valence-corrected chi connectivity index (χ0v) is 21.0. The van der Waals surface area contributed by atoms with Crippen molar-refractivity contribution in [3.8, 4) is 45.8 Å². The number of carbonyl (C=O) groups excluding carboxylic acids is 1. The maximum absolute atomic E-state index is 12.8. The molecule has 0 radical (unpaired) electrons. The molecule has 0 saturated heterocycles. The minimum Gasteiger partial charge on any atom is -0.497 e. The first-order chi connectivity index (χ1) is 18.6. The third-order valence-corrected chi connectivity index (χ3v) is 5.86. The van der Waals surface area contributed by atoms with Crippen LogP contribution in [0.25, 0.3) is 11.3 Å². The van der Waals surface area contributed by atoms with Gasteiger partial charge in [-0.05, 0) is 103 Å². The summed E-state index contributed by atoms with van der Waals surface area (Å²) in [7, 11) is 3.25. The second-order valence-electron chi connectivity index (χ2n) is 8.43. The van der Waals surface area contributed by atoms with Gasteiger partial charge in [0.1, 0.15) is 41.0 Å². The highest BCUT2D eigenvalue weighted by Crippen LogP contribution is 2.27. The number of rotatable bonds is 10. The van der Waals surface area contributed by atoms with E-state index in [4.69, 9.17) is 18.9 Å². The second kappa shape index (κ2) is 11.3. The van der Waals surface area contributed by atoms with E-state index in [2.05, 4.69) is 5.10 Å². The lowest BCUT2D eigenvalue weighted by Gasteiger charge is -2.08. The number of hydrogen-bond acceptors (Lipinski definition) is 6. The number of benzene rings is 4. The van der Waals surface area contributed by atoms with Crippen molar-refractivity contribution in [1.82, 2.24) is 9.78 Å². The molecule has 0 spiro atoms. The number of aromatic nitrogens is 2. The molecule has 1 heterocycles. The predicted molar refractivity (Wildman–Crippen MR) is 145 cm³/mol. The largest absolute Gasteiger partial charge is 0.497 e. The zero-order valence-electron chi connectivity index (χ0n) is 21.0. The van der Waals surface area contributed by atoms with E-state index in [1.54, 1.807) is 49.4 Å². The molecule has 0 N–H and O–H groups in total.